The molecule has 1 aromatic heterocycles. The van der Waals surface area contributed by atoms with E-state index in [-0.39, 0.29) is 23.9 Å². The smallest absolute Gasteiger partial charge is 0.261 e. The zero-order chi connectivity index (χ0) is 21.7. The lowest BCUT2D eigenvalue weighted by Crippen LogP contribution is -2.30. The number of furan rings is 1. The fraction of sp³-hybridized carbons (Fsp3) is 0.174. The van der Waals surface area contributed by atoms with Crippen molar-refractivity contribution in [2.24, 2.45) is 0 Å². The van der Waals surface area contributed by atoms with Crippen LogP contribution in [-0.2, 0) is 16.6 Å². The lowest BCUT2D eigenvalue weighted by Gasteiger charge is -2.19. The number of benzene rings is 2. The van der Waals surface area contributed by atoms with E-state index in [2.05, 4.69) is 10.6 Å². The van der Waals surface area contributed by atoms with Gasteiger partial charge in [-0.15, -0.1) is 6.42 Å². The van der Waals surface area contributed by atoms with Gasteiger partial charge in [0, 0.05) is 11.3 Å². The summed E-state index contributed by atoms with van der Waals surface area (Å²) in [6.07, 6.45) is 6.91. The van der Waals surface area contributed by atoms with Crippen LogP contribution in [0.15, 0.2) is 70.2 Å². The number of hydrogen-bond acceptors (Lipinski definition) is 4. The molecule has 6 nitrogen and oxygen atoms in total. The number of anilines is 1. The Bertz CT molecular complexity index is 1170. The highest BCUT2D eigenvalue weighted by molar-refractivity contribution is 7.92. The number of rotatable bonds is 7. The highest BCUT2D eigenvalue weighted by atomic mass is 32.2. The van der Waals surface area contributed by atoms with Crippen LogP contribution < -0.4 is 4.72 Å². The fourth-order valence-corrected chi connectivity index (χ4v) is 3.93. The van der Waals surface area contributed by atoms with Crippen molar-refractivity contribution in [3.05, 3.63) is 83.3 Å². The molecule has 0 unspecified atom stereocenters. The quantitative estimate of drug-likeness (QED) is 0.584. The van der Waals surface area contributed by atoms with Crippen LogP contribution in [0, 0.1) is 26.2 Å². The number of hydrogen-bond donors (Lipinski definition) is 1. The summed E-state index contributed by atoms with van der Waals surface area (Å²) in [4.78, 5) is 14.3. The Morgan fingerprint density at radius 1 is 1.10 bits per heavy atom. The highest BCUT2D eigenvalue weighted by Gasteiger charge is 2.19. The zero-order valence-corrected chi connectivity index (χ0v) is 17.6. The van der Waals surface area contributed by atoms with E-state index in [0.717, 1.165) is 11.1 Å². The van der Waals surface area contributed by atoms with Crippen molar-refractivity contribution in [3.63, 3.8) is 0 Å². The van der Waals surface area contributed by atoms with Gasteiger partial charge in [0.05, 0.1) is 24.2 Å². The Morgan fingerprint density at radius 2 is 1.83 bits per heavy atom. The van der Waals surface area contributed by atoms with Crippen LogP contribution in [0.5, 0.6) is 0 Å². The van der Waals surface area contributed by atoms with Gasteiger partial charge in [-0.2, -0.15) is 0 Å². The molecule has 0 atom stereocenters. The molecule has 7 heteroatoms. The minimum absolute atomic E-state index is 0.0619. The van der Waals surface area contributed by atoms with E-state index in [0.29, 0.717) is 17.0 Å². The van der Waals surface area contributed by atoms with Crippen molar-refractivity contribution in [1.29, 1.82) is 0 Å². The maximum atomic E-state index is 12.8. The minimum atomic E-state index is -3.78. The molecule has 0 aliphatic rings. The fourth-order valence-electron chi connectivity index (χ4n) is 2.88. The molecular formula is C23H22N2O4S. The summed E-state index contributed by atoms with van der Waals surface area (Å²) in [6, 6.07) is 14.6. The number of nitrogens with one attached hydrogen (secondary N) is 1. The molecule has 0 spiro atoms. The first-order valence-electron chi connectivity index (χ1n) is 9.25. The van der Waals surface area contributed by atoms with Gasteiger partial charge in [-0.25, -0.2) is 8.42 Å². The van der Waals surface area contributed by atoms with E-state index in [1.54, 1.807) is 24.3 Å². The highest BCUT2D eigenvalue weighted by Crippen LogP contribution is 2.20. The molecule has 1 N–H and O–H groups in total. The van der Waals surface area contributed by atoms with Crippen molar-refractivity contribution >= 4 is 21.6 Å². The third kappa shape index (κ3) is 4.91. The average molecular weight is 423 g/mol. The maximum absolute atomic E-state index is 12.8. The van der Waals surface area contributed by atoms with Gasteiger partial charge in [0.1, 0.15) is 5.76 Å². The number of sulfonamides is 1. The lowest BCUT2D eigenvalue weighted by molar-refractivity contribution is 0.0755. The average Bonchev–Trinajstić information content (AvgIpc) is 3.23. The van der Waals surface area contributed by atoms with Crippen LogP contribution in [0.4, 0.5) is 5.69 Å². The number of terminal acetylenes is 1. The van der Waals surface area contributed by atoms with Gasteiger partial charge >= 0.3 is 0 Å². The molecule has 0 fully saturated rings. The number of nitrogens with zero attached hydrogens (tertiary/aromatic N) is 1. The summed E-state index contributed by atoms with van der Waals surface area (Å²) in [5, 5.41) is 0. The van der Waals surface area contributed by atoms with Crippen LogP contribution in [0.3, 0.4) is 0 Å². The molecule has 0 aliphatic carbocycles. The van der Waals surface area contributed by atoms with Crippen molar-refractivity contribution < 1.29 is 17.6 Å². The summed E-state index contributed by atoms with van der Waals surface area (Å²) in [6.45, 7) is 4.20. The zero-order valence-electron chi connectivity index (χ0n) is 16.8. The van der Waals surface area contributed by atoms with Gasteiger partial charge in [-0.1, -0.05) is 12.0 Å². The predicted molar refractivity (Wildman–Crippen MR) is 115 cm³/mol. The second-order valence-electron chi connectivity index (χ2n) is 6.87. The van der Waals surface area contributed by atoms with Gasteiger partial charge in [-0.3, -0.25) is 9.52 Å². The summed E-state index contributed by atoms with van der Waals surface area (Å²) in [5.74, 6) is 2.76. The molecule has 30 heavy (non-hydrogen) atoms. The molecule has 3 rings (SSSR count). The molecule has 154 valence electrons. The Morgan fingerprint density at radius 3 is 2.43 bits per heavy atom. The molecule has 0 bridgehead atoms. The molecule has 3 aromatic rings. The van der Waals surface area contributed by atoms with Gasteiger partial charge in [0.2, 0.25) is 0 Å². The second-order valence-corrected chi connectivity index (χ2v) is 8.56. The largest absolute Gasteiger partial charge is 0.467 e. The van der Waals surface area contributed by atoms with Gasteiger partial charge in [0.25, 0.3) is 15.9 Å². The van der Waals surface area contributed by atoms with Crippen molar-refractivity contribution in [1.82, 2.24) is 4.90 Å². The van der Waals surface area contributed by atoms with Crippen LogP contribution in [-0.4, -0.2) is 25.8 Å². The van der Waals surface area contributed by atoms with Crippen LogP contribution in [0.25, 0.3) is 0 Å². The third-order valence-corrected chi connectivity index (χ3v) is 6.06. The van der Waals surface area contributed by atoms with E-state index < -0.39 is 10.0 Å². The number of carbonyl (C=O) groups is 1. The first kappa shape index (κ1) is 21.2. The van der Waals surface area contributed by atoms with Crippen molar-refractivity contribution in [2.45, 2.75) is 25.3 Å². The molecule has 1 amide bonds. The molecule has 0 radical (unpaired) electrons. The maximum Gasteiger partial charge on any atom is 0.261 e. The minimum Gasteiger partial charge on any atom is -0.467 e. The first-order valence-corrected chi connectivity index (χ1v) is 10.7. The number of amides is 1. The molecule has 0 saturated carbocycles. The van der Waals surface area contributed by atoms with E-state index in [9.17, 15) is 13.2 Å². The van der Waals surface area contributed by atoms with Gasteiger partial charge < -0.3 is 9.32 Å². The monoisotopic (exact) mass is 422 g/mol. The van der Waals surface area contributed by atoms with Crippen LogP contribution in [0.2, 0.25) is 0 Å². The molecule has 1 heterocycles. The standard InChI is InChI=1S/C23H22N2O4S/c1-4-13-25(16-21-6-5-14-29-21)23(26)19-8-11-22(12-9-19)30(27,28)24-20-10-7-17(2)18(3)15-20/h1,5-12,14-15,24H,13,16H2,2-3H3. The second kappa shape index (κ2) is 8.89. The van der Waals surface area contributed by atoms with Crippen LogP contribution >= 0.6 is 0 Å². The molecule has 2 aromatic carbocycles. The topological polar surface area (TPSA) is 79.6 Å². The Labute approximate surface area is 176 Å². The van der Waals surface area contributed by atoms with Crippen LogP contribution in [0.1, 0.15) is 27.2 Å². The summed E-state index contributed by atoms with van der Waals surface area (Å²) in [7, 11) is -3.78. The van der Waals surface area contributed by atoms with Gasteiger partial charge in [-0.05, 0) is 73.5 Å². The summed E-state index contributed by atoms with van der Waals surface area (Å²) < 4.78 is 33.2. The summed E-state index contributed by atoms with van der Waals surface area (Å²) in [5.41, 5.74) is 2.88. The summed E-state index contributed by atoms with van der Waals surface area (Å²) >= 11 is 0. The Hall–Kier alpha value is -3.50. The SMILES string of the molecule is C#CCN(Cc1ccco1)C(=O)c1ccc(S(=O)(=O)Nc2ccc(C)c(C)c2)cc1. The normalized spacial score (nSPS) is 11.0. The van der Waals surface area contributed by atoms with E-state index in [1.165, 1.54) is 35.4 Å². The first-order chi connectivity index (χ1) is 14.3. The number of carbonyl (C=O) groups excluding carboxylic acids is 1. The van der Waals surface area contributed by atoms with E-state index >= 15 is 0 Å². The lowest BCUT2D eigenvalue weighted by atomic mass is 10.1. The molecular weight excluding hydrogens is 400 g/mol. The third-order valence-electron chi connectivity index (χ3n) is 4.67. The van der Waals surface area contributed by atoms with E-state index in [1.807, 2.05) is 19.9 Å². The van der Waals surface area contributed by atoms with Crippen molar-refractivity contribution in [2.75, 3.05) is 11.3 Å². The number of aryl methyl sites for hydroxylation is 2. The van der Waals surface area contributed by atoms with E-state index in [4.69, 9.17) is 10.8 Å². The van der Waals surface area contributed by atoms with Crippen molar-refractivity contribution in [3.8, 4) is 12.3 Å². The molecule has 0 saturated heterocycles. The molecule has 0 aliphatic heterocycles. The predicted octanol–water partition coefficient (Wildman–Crippen LogP) is 3.97. The van der Waals surface area contributed by atoms with Gasteiger partial charge in [0.15, 0.2) is 0 Å². The Balaban J connectivity index is 1.77. The Kier molecular flexibility index (Phi) is 6.28.